The molecular formula is C15H12ClN3O. The molecule has 4 nitrogen and oxygen atoms in total. The van der Waals surface area contributed by atoms with Crippen LogP contribution in [0.5, 0.6) is 0 Å². The van der Waals surface area contributed by atoms with E-state index in [0.29, 0.717) is 22.6 Å². The summed E-state index contributed by atoms with van der Waals surface area (Å²) in [5, 5.41) is 0.579. The monoisotopic (exact) mass is 285 g/mol. The molecular weight excluding hydrogens is 274 g/mol. The molecule has 0 fully saturated rings. The van der Waals surface area contributed by atoms with E-state index in [1.54, 1.807) is 18.5 Å². The fourth-order valence-corrected chi connectivity index (χ4v) is 2.54. The van der Waals surface area contributed by atoms with Gasteiger partial charge in [-0.25, -0.2) is 0 Å². The van der Waals surface area contributed by atoms with E-state index < -0.39 is 0 Å². The van der Waals surface area contributed by atoms with Crippen molar-refractivity contribution in [3.8, 4) is 0 Å². The van der Waals surface area contributed by atoms with Crippen molar-refractivity contribution in [2.45, 2.75) is 13.5 Å². The molecule has 0 N–H and O–H groups in total. The number of nitrogens with zero attached hydrogens (tertiary/aromatic N) is 3. The van der Waals surface area contributed by atoms with Crippen molar-refractivity contribution in [1.82, 2.24) is 14.5 Å². The number of halogens is 1. The topological polar surface area (TPSA) is 47.8 Å². The molecule has 0 saturated heterocycles. The molecule has 0 bridgehead atoms. The maximum absolute atomic E-state index is 11.1. The lowest BCUT2D eigenvalue weighted by molar-refractivity contribution is 0.112. The molecule has 5 heteroatoms. The van der Waals surface area contributed by atoms with E-state index in [1.165, 1.54) is 0 Å². The lowest BCUT2D eigenvalue weighted by atomic mass is 10.3. The Morgan fingerprint density at radius 1 is 1.35 bits per heavy atom. The first-order valence-corrected chi connectivity index (χ1v) is 6.58. The minimum absolute atomic E-state index is 0.537. The molecule has 0 unspecified atom stereocenters. The molecule has 0 radical (unpaired) electrons. The van der Waals surface area contributed by atoms with Crippen molar-refractivity contribution in [3.63, 3.8) is 0 Å². The number of carbonyl (C=O) groups is 1. The van der Waals surface area contributed by atoms with Crippen molar-refractivity contribution < 1.29 is 4.79 Å². The summed E-state index contributed by atoms with van der Waals surface area (Å²) >= 11 is 6.23. The second kappa shape index (κ2) is 5.06. The van der Waals surface area contributed by atoms with Crippen molar-refractivity contribution >= 4 is 28.9 Å². The Morgan fingerprint density at radius 2 is 2.20 bits per heavy atom. The summed E-state index contributed by atoms with van der Waals surface area (Å²) in [6.07, 6.45) is 4.17. The third-order valence-electron chi connectivity index (χ3n) is 3.14. The van der Waals surface area contributed by atoms with Crippen LogP contribution < -0.4 is 0 Å². The highest BCUT2D eigenvalue weighted by Gasteiger charge is 2.12. The van der Waals surface area contributed by atoms with Crippen molar-refractivity contribution in [3.05, 3.63) is 58.6 Å². The second-order valence-corrected chi connectivity index (χ2v) is 5.00. The van der Waals surface area contributed by atoms with Gasteiger partial charge in [-0.2, -0.15) is 0 Å². The van der Waals surface area contributed by atoms with Crippen LogP contribution in [0.3, 0.4) is 0 Å². The van der Waals surface area contributed by atoms with Crippen LogP contribution in [0.25, 0.3) is 11.0 Å². The van der Waals surface area contributed by atoms with Crippen LogP contribution in [-0.4, -0.2) is 20.8 Å². The number of hydrogen-bond acceptors (Lipinski definition) is 3. The summed E-state index contributed by atoms with van der Waals surface area (Å²) in [4.78, 5) is 19.8. The number of aromatic nitrogens is 3. The Balaban J connectivity index is 2.14. The van der Waals surface area contributed by atoms with Crippen LogP contribution in [0.1, 0.15) is 21.7 Å². The van der Waals surface area contributed by atoms with Gasteiger partial charge in [0.15, 0.2) is 6.29 Å². The van der Waals surface area contributed by atoms with E-state index in [0.717, 1.165) is 23.2 Å². The summed E-state index contributed by atoms with van der Waals surface area (Å²) in [5.41, 5.74) is 3.80. The van der Waals surface area contributed by atoms with Gasteiger partial charge in [-0.05, 0) is 25.1 Å². The molecule has 0 aromatic carbocycles. The Hall–Kier alpha value is -2.20. The predicted octanol–water partition coefficient (Wildman–Crippen LogP) is 3.25. The number of aldehydes is 1. The molecule has 3 heterocycles. The number of hydrogen-bond donors (Lipinski definition) is 0. The molecule has 0 spiro atoms. The van der Waals surface area contributed by atoms with Gasteiger partial charge in [0, 0.05) is 18.1 Å². The molecule has 3 aromatic heterocycles. The molecule has 3 aromatic rings. The van der Waals surface area contributed by atoms with Crippen LogP contribution in [0.15, 0.2) is 36.7 Å². The van der Waals surface area contributed by atoms with Gasteiger partial charge in [-0.15, -0.1) is 0 Å². The molecule has 0 atom stereocenters. The van der Waals surface area contributed by atoms with Crippen LogP contribution in [0.4, 0.5) is 0 Å². The number of rotatable bonds is 3. The van der Waals surface area contributed by atoms with Gasteiger partial charge in [0.05, 0.1) is 28.3 Å². The van der Waals surface area contributed by atoms with Crippen molar-refractivity contribution in [2.75, 3.05) is 0 Å². The van der Waals surface area contributed by atoms with Crippen LogP contribution in [-0.2, 0) is 6.54 Å². The van der Waals surface area contributed by atoms with E-state index in [4.69, 9.17) is 11.6 Å². The van der Waals surface area contributed by atoms with E-state index in [9.17, 15) is 4.79 Å². The minimum Gasteiger partial charge on any atom is -0.338 e. The molecule has 0 aliphatic heterocycles. The van der Waals surface area contributed by atoms with Gasteiger partial charge in [0.25, 0.3) is 0 Å². The Bertz CT molecular complexity index is 795. The Morgan fingerprint density at radius 3 is 2.95 bits per heavy atom. The fourth-order valence-electron chi connectivity index (χ4n) is 2.28. The highest BCUT2D eigenvalue weighted by molar-refractivity contribution is 6.35. The first-order chi connectivity index (χ1) is 9.69. The zero-order valence-electron chi connectivity index (χ0n) is 10.9. The smallest absolute Gasteiger partial charge is 0.153 e. The third kappa shape index (κ3) is 2.18. The number of fused-ring (bicyclic) bond motifs is 1. The molecule has 0 aliphatic carbocycles. The molecule has 3 rings (SSSR count). The fraction of sp³-hybridized carbons (Fsp3) is 0.133. The summed E-state index contributed by atoms with van der Waals surface area (Å²) in [6.45, 7) is 2.50. The van der Waals surface area contributed by atoms with E-state index >= 15 is 0 Å². The highest BCUT2D eigenvalue weighted by atomic mass is 35.5. The van der Waals surface area contributed by atoms with Crippen LogP contribution in [0, 0.1) is 6.92 Å². The average Bonchev–Trinajstić information content (AvgIpc) is 2.78. The standard InChI is InChI=1S/C15H12ClN3O/c1-10-3-2-4-12(18-10)8-19-7-11(9-20)14-15(19)13(16)5-6-17-14/h2-7,9H,8H2,1H3. The van der Waals surface area contributed by atoms with Gasteiger partial charge in [0.2, 0.25) is 0 Å². The minimum atomic E-state index is 0.537. The van der Waals surface area contributed by atoms with Crippen molar-refractivity contribution in [2.24, 2.45) is 0 Å². The lowest BCUT2D eigenvalue weighted by Gasteiger charge is -2.06. The number of aryl methyl sites for hydroxylation is 1. The number of carbonyl (C=O) groups excluding carboxylic acids is 1. The maximum Gasteiger partial charge on any atom is 0.153 e. The van der Waals surface area contributed by atoms with Gasteiger partial charge in [-0.3, -0.25) is 14.8 Å². The summed E-state index contributed by atoms with van der Waals surface area (Å²) in [6, 6.07) is 7.58. The van der Waals surface area contributed by atoms with Crippen molar-refractivity contribution in [1.29, 1.82) is 0 Å². The molecule has 0 amide bonds. The Labute approximate surface area is 121 Å². The van der Waals surface area contributed by atoms with E-state index in [-0.39, 0.29) is 0 Å². The van der Waals surface area contributed by atoms with Crippen LogP contribution >= 0.6 is 11.6 Å². The largest absolute Gasteiger partial charge is 0.338 e. The molecule has 0 aliphatic rings. The lowest BCUT2D eigenvalue weighted by Crippen LogP contribution is -2.01. The average molecular weight is 286 g/mol. The molecule has 20 heavy (non-hydrogen) atoms. The highest BCUT2D eigenvalue weighted by Crippen LogP contribution is 2.26. The second-order valence-electron chi connectivity index (χ2n) is 4.59. The zero-order valence-corrected chi connectivity index (χ0v) is 11.6. The van der Waals surface area contributed by atoms with Gasteiger partial charge in [-0.1, -0.05) is 17.7 Å². The van der Waals surface area contributed by atoms with Gasteiger partial charge >= 0.3 is 0 Å². The zero-order chi connectivity index (χ0) is 14.1. The third-order valence-corrected chi connectivity index (χ3v) is 3.44. The van der Waals surface area contributed by atoms with Crippen LogP contribution in [0.2, 0.25) is 5.02 Å². The van der Waals surface area contributed by atoms with E-state index in [1.807, 2.05) is 29.7 Å². The van der Waals surface area contributed by atoms with Gasteiger partial charge in [0.1, 0.15) is 5.52 Å². The summed E-state index contributed by atoms with van der Waals surface area (Å²) in [7, 11) is 0. The normalized spacial score (nSPS) is 10.9. The van der Waals surface area contributed by atoms with E-state index in [2.05, 4.69) is 9.97 Å². The first kappa shape index (κ1) is 12.8. The maximum atomic E-state index is 11.1. The predicted molar refractivity (Wildman–Crippen MR) is 78.2 cm³/mol. The number of pyridine rings is 2. The summed E-state index contributed by atoms with van der Waals surface area (Å²) < 4.78 is 1.91. The summed E-state index contributed by atoms with van der Waals surface area (Å²) in [5.74, 6) is 0. The Kier molecular flexibility index (Phi) is 3.24. The first-order valence-electron chi connectivity index (χ1n) is 6.20. The van der Waals surface area contributed by atoms with Gasteiger partial charge < -0.3 is 4.57 Å². The molecule has 100 valence electrons. The SMILES string of the molecule is Cc1cccc(Cn2cc(C=O)c3nccc(Cl)c32)n1. The quantitative estimate of drug-likeness (QED) is 0.694. The molecule has 0 saturated carbocycles.